The Labute approximate surface area is 163 Å². The molecule has 0 atom stereocenters. The quantitative estimate of drug-likeness (QED) is 0.678. The molecular formula is C21H22N4OS. The van der Waals surface area contributed by atoms with E-state index in [1.54, 1.807) is 11.3 Å². The number of thiazole rings is 1. The lowest BCUT2D eigenvalue weighted by Gasteiger charge is -2.24. The zero-order valence-corrected chi connectivity index (χ0v) is 16.2. The van der Waals surface area contributed by atoms with E-state index in [4.69, 9.17) is 9.40 Å². The number of rotatable bonds is 4. The number of para-hydroxylation sites is 1. The zero-order valence-electron chi connectivity index (χ0n) is 15.4. The smallest absolute Gasteiger partial charge is 0.162 e. The summed E-state index contributed by atoms with van der Waals surface area (Å²) in [6.45, 7) is 6.70. The van der Waals surface area contributed by atoms with Gasteiger partial charge in [0.1, 0.15) is 11.8 Å². The van der Waals surface area contributed by atoms with E-state index >= 15 is 0 Å². The van der Waals surface area contributed by atoms with Gasteiger partial charge in [0.05, 0.1) is 16.9 Å². The average Bonchev–Trinajstić information content (AvgIpc) is 3.26. The van der Waals surface area contributed by atoms with E-state index in [1.807, 2.05) is 43.3 Å². The monoisotopic (exact) mass is 378 g/mol. The second kappa shape index (κ2) is 7.95. The predicted octanol–water partition coefficient (Wildman–Crippen LogP) is 4.30. The molecule has 3 aromatic rings. The normalized spacial score (nSPS) is 15.5. The summed E-state index contributed by atoms with van der Waals surface area (Å²) in [7, 11) is 0. The maximum Gasteiger partial charge on any atom is 0.162 e. The van der Waals surface area contributed by atoms with Gasteiger partial charge in [0.25, 0.3) is 0 Å². The third-order valence-electron chi connectivity index (χ3n) is 4.84. The molecule has 0 radical (unpaired) electrons. The van der Waals surface area contributed by atoms with Crippen molar-refractivity contribution in [3.63, 3.8) is 0 Å². The second-order valence-electron chi connectivity index (χ2n) is 6.80. The Morgan fingerprint density at radius 3 is 2.85 bits per heavy atom. The van der Waals surface area contributed by atoms with E-state index in [9.17, 15) is 5.26 Å². The molecule has 1 aliphatic rings. The highest BCUT2D eigenvalue weighted by molar-refractivity contribution is 7.13. The number of furan rings is 1. The summed E-state index contributed by atoms with van der Waals surface area (Å²) in [5.41, 5.74) is 2.89. The predicted molar refractivity (Wildman–Crippen MR) is 108 cm³/mol. The van der Waals surface area contributed by atoms with Crippen LogP contribution in [0.4, 0.5) is 5.69 Å². The minimum Gasteiger partial charge on any atom is -0.459 e. The molecule has 0 unspecified atom stereocenters. The Balaban J connectivity index is 1.40. The fourth-order valence-corrected chi connectivity index (χ4v) is 4.26. The first-order valence-corrected chi connectivity index (χ1v) is 10.1. The van der Waals surface area contributed by atoms with Crippen molar-refractivity contribution in [2.24, 2.45) is 0 Å². The Morgan fingerprint density at radius 2 is 2.04 bits per heavy atom. The summed E-state index contributed by atoms with van der Waals surface area (Å²) in [6.07, 6.45) is 1.08. The molecule has 0 amide bonds. The summed E-state index contributed by atoms with van der Waals surface area (Å²) in [5.74, 6) is 1.76. The lowest BCUT2D eigenvalue weighted by Crippen LogP contribution is -2.30. The van der Waals surface area contributed by atoms with E-state index in [0.29, 0.717) is 0 Å². The van der Waals surface area contributed by atoms with Gasteiger partial charge in [0, 0.05) is 38.1 Å². The number of nitrogens with zero attached hydrogens (tertiary/aromatic N) is 4. The maximum atomic E-state index is 9.36. The molecule has 27 heavy (non-hydrogen) atoms. The van der Waals surface area contributed by atoms with Gasteiger partial charge >= 0.3 is 0 Å². The molecule has 0 bridgehead atoms. The highest BCUT2D eigenvalue weighted by atomic mass is 32.1. The van der Waals surface area contributed by atoms with Gasteiger partial charge in [-0.3, -0.25) is 4.90 Å². The maximum absolute atomic E-state index is 9.36. The number of anilines is 1. The molecule has 1 saturated heterocycles. The van der Waals surface area contributed by atoms with Gasteiger partial charge in [-0.2, -0.15) is 5.26 Å². The van der Waals surface area contributed by atoms with Crippen molar-refractivity contribution in [1.82, 2.24) is 9.88 Å². The van der Waals surface area contributed by atoms with Crippen LogP contribution in [0.2, 0.25) is 0 Å². The van der Waals surface area contributed by atoms with E-state index in [-0.39, 0.29) is 0 Å². The van der Waals surface area contributed by atoms with Crippen molar-refractivity contribution in [3.8, 4) is 16.8 Å². The molecule has 4 rings (SSSR count). The lowest BCUT2D eigenvalue weighted by molar-refractivity contribution is 0.282. The summed E-state index contributed by atoms with van der Waals surface area (Å²) in [5, 5.41) is 12.4. The van der Waals surface area contributed by atoms with Crippen LogP contribution in [0.5, 0.6) is 0 Å². The van der Waals surface area contributed by atoms with Crippen LogP contribution in [0.25, 0.3) is 10.8 Å². The van der Waals surface area contributed by atoms with E-state index in [0.717, 1.165) is 72.6 Å². The van der Waals surface area contributed by atoms with Crippen LogP contribution in [0.15, 0.2) is 46.2 Å². The van der Waals surface area contributed by atoms with Crippen LogP contribution in [0, 0.1) is 18.3 Å². The number of nitriles is 1. The molecule has 0 saturated carbocycles. The summed E-state index contributed by atoms with van der Waals surface area (Å²) in [4.78, 5) is 9.53. The topological polar surface area (TPSA) is 56.3 Å². The summed E-state index contributed by atoms with van der Waals surface area (Å²) in [6, 6.07) is 14.1. The molecular weight excluding hydrogens is 356 g/mol. The number of aromatic nitrogens is 1. The highest BCUT2D eigenvalue weighted by Gasteiger charge is 2.18. The molecule has 5 nitrogen and oxygen atoms in total. The molecule has 3 heterocycles. The molecule has 1 fully saturated rings. The van der Waals surface area contributed by atoms with Crippen molar-refractivity contribution >= 4 is 17.0 Å². The molecule has 0 N–H and O–H groups in total. The first kappa shape index (κ1) is 17.8. The van der Waals surface area contributed by atoms with Gasteiger partial charge in [-0.05, 0) is 37.6 Å². The van der Waals surface area contributed by atoms with Gasteiger partial charge in [-0.25, -0.2) is 4.98 Å². The van der Waals surface area contributed by atoms with Gasteiger partial charge in [-0.15, -0.1) is 11.3 Å². The standard InChI is InChI=1S/C21H22N4OS/c1-16-7-8-20(26-16)21-23-18(15-27-21)14-24-9-4-10-25(12-11-24)19-6-3-2-5-17(19)13-22/h2-3,5-8,15H,4,9-12,14H2,1H3. The number of benzene rings is 1. The molecule has 0 aliphatic carbocycles. The number of hydrogen-bond acceptors (Lipinski definition) is 6. The van der Waals surface area contributed by atoms with Gasteiger partial charge in [0.15, 0.2) is 10.8 Å². The minimum absolute atomic E-state index is 0.754. The van der Waals surface area contributed by atoms with Crippen LogP contribution in [-0.2, 0) is 6.54 Å². The highest BCUT2D eigenvalue weighted by Crippen LogP contribution is 2.26. The van der Waals surface area contributed by atoms with E-state index in [2.05, 4.69) is 21.2 Å². The Kier molecular flexibility index (Phi) is 5.23. The first-order valence-electron chi connectivity index (χ1n) is 9.20. The Morgan fingerprint density at radius 1 is 1.15 bits per heavy atom. The Bertz CT molecular complexity index is 955. The van der Waals surface area contributed by atoms with Crippen molar-refractivity contribution in [2.75, 3.05) is 31.1 Å². The SMILES string of the molecule is Cc1ccc(-c2nc(CN3CCCN(c4ccccc4C#N)CC3)cs2)o1. The fourth-order valence-electron chi connectivity index (χ4n) is 3.49. The van der Waals surface area contributed by atoms with Gasteiger partial charge < -0.3 is 9.32 Å². The van der Waals surface area contributed by atoms with Crippen LogP contribution in [0.1, 0.15) is 23.4 Å². The van der Waals surface area contributed by atoms with Crippen molar-refractivity contribution in [1.29, 1.82) is 5.26 Å². The third kappa shape index (κ3) is 4.05. The summed E-state index contributed by atoms with van der Waals surface area (Å²) >= 11 is 1.63. The van der Waals surface area contributed by atoms with E-state index < -0.39 is 0 Å². The van der Waals surface area contributed by atoms with Crippen LogP contribution in [0.3, 0.4) is 0 Å². The Hall–Kier alpha value is -2.62. The van der Waals surface area contributed by atoms with Gasteiger partial charge in [0.2, 0.25) is 0 Å². The van der Waals surface area contributed by atoms with Crippen molar-refractivity contribution < 1.29 is 4.42 Å². The first-order chi connectivity index (χ1) is 13.2. The lowest BCUT2D eigenvalue weighted by atomic mass is 10.1. The number of hydrogen-bond donors (Lipinski definition) is 0. The zero-order chi connectivity index (χ0) is 18.6. The van der Waals surface area contributed by atoms with Crippen LogP contribution < -0.4 is 4.90 Å². The average molecular weight is 379 g/mol. The molecule has 1 aromatic carbocycles. The largest absolute Gasteiger partial charge is 0.459 e. The van der Waals surface area contributed by atoms with Gasteiger partial charge in [-0.1, -0.05) is 12.1 Å². The molecule has 1 aliphatic heterocycles. The molecule has 6 heteroatoms. The second-order valence-corrected chi connectivity index (χ2v) is 7.66. The third-order valence-corrected chi connectivity index (χ3v) is 5.75. The number of aryl methyl sites for hydroxylation is 1. The van der Waals surface area contributed by atoms with E-state index in [1.165, 1.54) is 0 Å². The minimum atomic E-state index is 0.754. The molecule has 0 spiro atoms. The van der Waals surface area contributed by atoms with Crippen LogP contribution in [-0.4, -0.2) is 36.1 Å². The van der Waals surface area contributed by atoms with Crippen molar-refractivity contribution in [2.45, 2.75) is 19.9 Å². The fraction of sp³-hybridized carbons (Fsp3) is 0.333. The molecule has 2 aromatic heterocycles. The molecule has 138 valence electrons. The van der Waals surface area contributed by atoms with Crippen LogP contribution >= 0.6 is 11.3 Å². The summed E-state index contributed by atoms with van der Waals surface area (Å²) < 4.78 is 5.68. The van der Waals surface area contributed by atoms with Crippen molar-refractivity contribution in [3.05, 3.63) is 58.8 Å².